The Hall–Kier alpha value is -0.370. The summed E-state index contributed by atoms with van der Waals surface area (Å²) in [5.41, 5.74) is 0. The maximum atomic E-state index is 12.4. The number of rotatable bonds is 2. The van der Waals surface area contributed by atoms with Crippen molar-refractivity contribution in [1.29, 1.82) is 0 Å². The summed E-state index contributed by atoms with van der Waals surface area (Å²) in [7, 11) is 0. The van der Waals surface area contributed by atoms with Crippen LogP contribution in [0.15, 0.2) is 0 Å². The van der Waals surface area contributed by atoms with Gasteiger partial charge in [0.1, 0.15) is 5.78 Å². The lowest BCUT2D eigenvalue weighted by Crippen LogP contribution is -2.53. The SMILES string of the molecule is CC1CC(C)CC(N2CCCCC2C2CCCCC2=O)C1. The van der Waals surface area contributed by atoms with Gasteiger partial charge in [0.05, 0.1) is 0 Å². The number of likely N-dealkylation sites (tertiary alicyclic amines) is 1. The van der Waals surface area contributed by atoms with E-state index in [-0.39, 0.29) is 0 Å². The number of carbonyl (C=O) groups is 1. The van der Waals surface area contributed by atoms with E-state index in [9.17, 15) is 4.79 Å². The van der Waals surface area contributed by atoms with Gasteiger partial charge < -0.3 is 0 Å². The highest BCUT2D eigenvalue weighted by Gasteiger charge is 2.39. The van der Waals surface area contributed by atoms with Crippen molar-refractivity contribution in [1.82, 2.24) is 4.90 Å². The number of carbonyl (C=O) groups excluding carboxylic acids is 1. The highest BCUT2D eigenvalue weighted by atomic mass is 16.1. The zero-order valence-corrected chi connectivity index (χ0v) is 14.0. The number of Topliss-reactive ketones (excluding diaryl/α,β-unsaturated/α-hetero) is 1. The Morgan fingerprint density at radius 2 is 1.62 bits per heavy atom. The van der Waals surface area contributed by atoms with Crippen LogP contribution in [0.3, 0.4) is 0 Å². The van der Waals surface area contributed by atoms with E-state index in [1.54, 1.807) is 0 Å². The fourth-order valence-electron chi connectivity index (χ4n) is 5.46. The van der Waals surface area contributed by atoms with Gasteiger partial charge in [-0.15, -0.1) is 0 Å². The second kappa shape index (κ2) is 6.81. The molecule has 2 aliphatic carbocycles. The highest BCUT2D eigenvalue weighted by molar-refractivity contribution is 5.82. The zero-order valence-electron chi connectivity index (χ0n) is 14.0. The molecule has 3 aliphatic rings. The first kappa shape index (κ1) is 15.5. The summed E-state index contributed by atoms with van der Waals surface area (Å²) in [5.74, 6) is 2.67. The zero-order chi connectivity index (χ0) is 14.8. The van der Waals surface area contributed by atoms with Gasteiger partial charge >= 0.3 is 0 Å². The summed E-state index contributed by atoms with van der Waals surface area (Å²) < 4.78 is 0. The third-order valence-electron chi connectivity index (χ3n) is 6.28. The van der Waals surface area contributed by atoms with Gasteiger partial charge in [0.15, 0.2) is 0 Å². The molecule has 21 heavy (non-hydrogen) atoms. The first-order valence-corrected chi connectivity index (χ1v) is 9.43. The molecule has 2 nitrogen and oxygen atoms in total. The molecule has 120 valence electrons. The van der Waals surface area contributed by atoms with Crippen LogP contribution >= 0.6 is 0 Å². The summed E-state index contributed by atoms with van der Waals surface area (Å²) in [5, 5.41) is 0. The normalized spacial score (nSPS) is 43.0. The van der Waals surface area contributed by atoms with Crippen LogP contribution in [0.1, 0.15) is 78.1 Å². The maximum Gasteiger partial charge on any atom is 0.137 e. The van der Waals surface area contributed by atoms with E-state index in [4.69, 9.17) is 0 Å². The van der Waals surface area contributed by atoms with Crippen molar-refractivity contribution in [2.24, 2.45) is 17.8 Å². The standard InChI is InChI=1S/C19H33NO/c1-14-11-15(2)13-16(12-14)20-10-6-5-8-18(20)17-7-3-4-9-19(17)21/h14-18H,3-13H2,1-2H3. The molecule has 1 aliphatic heterocycles. The largest absolute Gasteiger partial charge is 0.299 e. The molecule has 3 rings (SSSR count). The molecule has 2 heteroatoms. The Morgan fingerprint density at radius 3 is 2.33 bits per heavy atom. The predicted molar refractivity (Wildman–Crippen MR) is 87.3 cm³/mol. The van der Waals surface area contributed by atoms with Crippen LogP contribution in [0.5, 0.6) is 0 Å². The molecular formula is C19H33NO. The van der Waals surface area contributed by atoms with Gasteiger partial charge in [0.2, 0.25) is 0 Å². The van der Waals surface area contributed by atoms with Crippen molar-refractivity contribution in [2.45, 2.75) is 90.1 Å². The highest BCUT2D eigenvalue weighted by Crippen LogP contribution is 2.38. The van der Waals surface area contributed by atoms with Crippen LogP contribution in [0, 0.1) is 17.8 Å². The third kappa shape index (κ3) is 3.52. The van der Waals surface area contributed by atoms with Gasteiger partial charge in [0, 0.05) is 24.4 Å². The lowest BCUT2D eigenvalue weighted by Gasteiger charge is -2.48. The third-order valence-corrected chi connectivity index (χ3v) is 6.28. The molecule has 0 bridgehead atoms. The lowest BCUT2D eigenvalue weighted by atomic mass is 9.75. The predicted octanol–water partition coefficient (Wildman–Crippen LogP) is 4.42. The molecule has 0 spiro atoms. The first-order valence-electron chi connectivity index (χ1n) is 9.43. The number of nitrogens with zero attached hydrogens (tertiary/aromatic N) is 1. The van der Waals surface area contributed by atoms with E-state index >= 15 is 0 Å². The molecule has 0 aromatic heterocycles. The minimum Gasteiger partial charge on any atom is -0.299 e. The van der Waals surface area contributed by atoms with Crippen LogP contribution in [0.4, 0.5) is 0 Å². The molecule has 0 aromatic carbocycles. The van der Waals surface area contributed by atoms with Crippen molar-refractivity contribution in [2.75, 3.05) is 6.54 Å². The monoisotopic (exact) mass is 291 g/mol. The topological polar surface area (TPSA) is 20.3 Å². The van der Waals surface area contributed by atoms with Crippen molar-refractivity contribution < 1.29 is 4.79 Å². The molecule has 0 amide bonds. The van der Waals surface area contributed by atoms with Crippen molar-refractivity contribution in [3.8, 4) is 0 Å². The van der Waals surface area contributed by atoms with Gasteiger partial charge in [-0.25, -0.2) is 0 Å². The van der Waals surface area contributed by atoms with E-state index in [1.807, 2.05) is 0 Å². The molecule has 0 N–H and O–H groups in total. The summed E-state index contributed by atoms with van der Waals surface area (Å²) >= 11 is 0. The van der Waals surface area contributed by atoms with E-state index in [1.165, 1.54) is 51.5 Å². The van der Waals surface area contributed by atoms with Crippen LogP contribution in [-0.4, -0.2) is 29.3 Å². The van der Waals surface area contributed by atoms with Crippen LogP contribution in [-0.2, 0) is 4.79 Å². The number of ketones is 1. The van der Waals surface area contributed by atoms with Crippen molar-refractivity contribution >= 4 is 5.78 Å². The summed E-state index contributed by atoms with van der Waals surface area (Å²) in [6.07, 6.45) is 12.5. The van der Waals surface area contributed by atoms with Crippen LogP contribution in [0.2, 0.25) is 0 Å². The second-order valence-corrected chi connectivity index (χ2v) is 8.19. The number of hydrogen-bond acceptors (Lipinski definition) is 2. The van der Waals surface area contributed by atoms with Gasteiger partial charge in [-0.2, -0.15) is 0 Å². The van der Waals surface area contributed by atoms with E-state index in [2.05, 4.69) is 18.7 Å². The Morgan fingerprint density at radius 1 is 0.905 bits per heavy atom. The lowest BCUT2D eigenvalue weighted by molar-refractivity contribution is -0.128. The minimum atomic E-state index is 0.367. The molecule has 4 unspecified atom stereocenters. The average molecular weight is 291 g/mol. The quantitative estimate of drug-likeness (QED) is 0.750. The molecule has 1 heterocycles. The number of hydrogen-bond donors (Lipinski definition) is 0. The molecule has 3 fully saturated rings. The van der Waals surface area contributed by atoms with E-state index in [0.29, 0.717) is 17.7 Å². The summed E-state index contributed by atoms with van der Waals surface area (Å²) in [4.78, 5) is 15.2. The number of piperidine rings is 1. The Balaban J connectivity index is 1.73. The van der Waals surface area contributed by atoms with Gasteiger partial charge in [-0.1, -0.05) is 26.7 Å². The molecule has 4 atom stereocenters. The molecule has 0 aromatic rings. The fraction of sp³-hybridized carbons (Fsp3) is 0.947. The Bertz CT molecular complexity index is 357. The smallest absolute Gasteiger partial charge is 0.137 e. The van der Waals surface area contributed by atoms with Crippen molar-refractivity contribution in [3.05, 3.63) is 0 Å². The molecule has 0 radical (unpaired) electrons. The maximum absolute atomic E-state index is 12.4. The van der Waals surface area contributed by atoms with Crippen LogP contribution in [0.25, 0.3) is 0 Å². The van der Waals surface area contributed by atoms with E-state index in [0.717, 1.165) is 37.1 Å². The van der Waals surface area contributed by atoms with E-state index < -0.39 is 0 Å². The molecule has 2 saturated carbocycles. The average Bonchev–Trinajstić information content (AvgIpc) is 2.47. The summed E-state index contributed by atoms with van der Waals surface area (Å²) in [6.45, 7) is 6.10. The van der Waals surface area contributed by atoms with Gasteiger partial charge in [0.25, 0.3) is 0 Å². The van der Waals surface area contributed by atoms with Crippen molar-refractivity contribution in [3.63, 3.8) is 0 Å². The first-order chi connectivity index (χ1) is 10.1. The molecule has 1 saturated heterocycles. The minimum absolute atomic E-state index is 0.367. The van der Waals surface area contributed by atoms with Gasteiger partial charge in [-0.3, -0.25) is 9.69 Å². The van der Waals surface area contributed by atoms with Crippen LogP contribution < -0.4 is 0 Å². The Labute approximate surface area is 130 Å². The fourth-order valence-corrected chi connectivity index (χ4v) is 5.46. The van der Waals surface area contributed by atoms with Gasteiger partial charge in [-0.05, 0) is 63.3 Å². The Kier molecular flexibility index (Phi) is 5.03. The summed E-state index contributed by atoms with van der Waals surface area (Å²) in [6, 6.07) is 1.33. The second-order valence-electron chi connectivity index (χ2n) is 8.19. The molecular weight excluding hydrogens is 258 g/mol.